The van der Waals surface area contributed by atoms with E-state index in [0.29, 0.717) is 11.5 Å². The predicted molar refractivity (Wildman–Crippen MR) is 89.5 cm³/mol. The molecule has 1 N–H and O–H groups in total. The second-order valence-corrected chi connectivity index (χ2v) is 7.22. The number of ether oxygens (including phenoxy) is 2. The third-order valence-corrected chi connectivity index (χ3v) is 4.61. The molecule has 7 heteroatoms. The Labute approximate surface area is 141 Å². The van der Waals surface area contributed by atoms with E-state index in [1.807, 2.05) is 10.8 Å². The van der Waals surface area contributed by atoms with Crippen molar-refractivity contribution in [3.05, 3.63) is 54.6 Å². The van der Waals surface area contributed by atoms with Crippen LogP contribution in [0.3, 0.4) is 0 Å². The molecule has 0 aliphatic carbocycles. The number of hydrogen-bond donors (Lipinski definition) is 1. The molecule has 0 spiro atoms. The normalized spacial score (nSPS) is 11.6. The van der Waals surface area contributed by atoms with Crippen LogP contribution in [0.4, 0.5) is 0 Å². The highest BCUT2D eigenvalue weighted by atomic mass is 32.2. The Balaban J connectivity index is 2.14. The minimum atomic E-state index is -4.00. The third-order valence-electron chi connectivity index (χ3n) is 3.26. The van der Waals surface area contributed by atoms with Crippen molar-refractivity contribution in [2.75, 3.05) is 7.11 Å². The Morgan fingerprint density at radius 2 is 1.54 bits per heavy atom. The molecule has 6 nitrogen and oxygen atoms in total. The Morgan fingerprint density at radius 3 is 2.08 bits per heavy atom. The lowest BCUT2D eigenvalue weighted by Crippen LogP contribution is -2.48. The number of rotatable bonds is 6. The summed E-state index contributed by atoms with van der Waals surface area (Å²) < 4.78 is 37.2. The topological polar surface area (TPSA) is 81.7 Å². The molecule has 128 valence electrons. The van der Waals surface area contributed by atoms with E-state index in [1.54, 1.807) is 24.3 Å². The summed E-state index contributed by atoms with van der Waals surface area (Å²) in [6.07, 6.45) is 0. The third kappa shape index (κ3) is 4.26. The van der Waals surface area contributed by atoms with Crippen molar-refractivity contribution in [2.24, 2.45) is 0 Å². The molecule has 0 aromatic heterocycles. The molecule has 1 amide bonds. The Kier molecular flexibility index (Phi) is 5.14. The van der Waals surface area contributed by atoms with Gasteiger partial charge in [0, 0.05) is 0 Å². The zero-order valence-electron chi connectivity index (χ0n) is 13.6. The van der Waals surface area contributed by atoms with Gasteiger partial charge in [-0.1, -0.05) is 18.2 Å². The zero-order valence-corrected chi connectivity index (χ0v) is 14.5. The predicted octanol–water partition coefficient (Wildman–Crippen LogP) is 2.36. The average molecular weight is 349 g/mol. The van der Waals surface area contributed by atoms with E-state index < -0.39 is 21.5 Å². The molecular formula is C17H19NO5S. The number of sulfonamides is 1. The first kappa shape index (κ1) is 17.8. The van der Waals surface area contributed by atoms with Gasteiger partial charge in [-0.3, -0.25) is 4.79 Å². The molecular weight excluding hydrogens is 330 g/mol. The van der Waals surface area contributed by atoms with E-state index in [1.165, 1.54) is 45.2 Å². The summed E-state index contributed by atoms with van der Waals surface area (Å²) in [5, 5.41) is 0. The SMILES string of the molecule is COc1ccc(S(=O)(=O)NC(=O)C(C)(C)Oc2ccccc2)cc1. The van der Waals surface area contributed by atoms with Crippen molar-refractivity contribution in [3.63, 3.8) is 0 Å². The van der Waals surface area contributed by atoms with E-state index in [9.17, 15) is 13.2 Å². The van der Waals surface area contributed by atoms with Gasteiger partial charge in [-0.25, -0.2) is 13.1 Å². The van der Waals surface area contributed by atoms with Gasteiger partial charge in [0.1, 0.15) is 11.5 Å². The average Bonchev–Trinajstić information content (AvgIpc) is 2.55. The van der Waals surface area contributed by atoms with Crippen LogP contribution in [0.2, 0.25) is 0 Å². The van der Waals surface area contributed by atoms with Crippen LogP contribution in [0.1, 0.15) is 13.8 Å². The van der Waals surface area contributed by atoms with Crippen LogP contribution < -0.4 is 14.2 Å². The van der Waals surface area contributed by atoms with E-state index in [-0.39, 0.29) is 4.90 Å². The lowest BCUT2D eigenvalue weighted by molar-refractivity contribution is -0.132. The molecule has 0 unspecified atom stereocenters. The number of carbonyl (C=O) groups is 1. The molecule has 0 fully saturated rings. The Bertz CT molecular complexity index is 799. The molecule has 24 heavy (non-hydrogen) atoms. The van der Waals surface area contributed by atoms with Gasteiger partial charge >= 0.3 is 0 Å². The molecule has 0 heterocycles. The fourth-order valence-electron chi connectivity index (χ4n) is 1.89. The molecule has 2 aromatic rings. The van der Waals surface area contributed by atoms with Gasteiger partial charge in [-0.15, -0.1) is 0 Å². The Hall–Kier alpha value is -2.54. The molecule has 0 saturated heterocycles. The zero-order chi connectivity index (χ0) is 17.8. The lowest BCUT2D eigenvalue weighted by Gasteiger charge is -2.25. The molecule has 0 aliphatic rings. The van der Waals surface area contributed by atoms with Crippen molar-refractivity contribution in [3.8, 4) is 11.5 Å². The smallest absolute Gasteiger partial charge is 0.277 e. The summed E-state index contributed by atoms with van der Waals surface area (Å²) in [6, 6.07) is 14.4. The molecule has 2 aromatic carbocycles. The number of nitrogens with one attached hydrogen (secondary N) is 1. The highest BCUT2D eigenvalue weighted by molar-refractivity contribution is 7.90. The molecule has 0 radical (unpaired) electrons. The van der Waals surface area contributed by atoms with Gasteiger partial charge in [0.15, 0.2) is 5.60 Å². The van der Waals surface area contributed by atoms with Crippen LogP contribution in [0.5, 0.6) is 11.5 Å². The number of hydrogen-bond acceptors (Lipinski definition) is 5. The summed E-state index contributed by atoms with van der Waals surface area (Å²) >= 11 is 0. The number of para-hydroxylation sites is 1. The monoisotopic (exact) mass is 349 g/mol. The first-order valence-electron chi connectivity index (χ1n) is 7.20. The van der Waals surface area contributed by atoms with Gasteiger partial charge in [0.25, 0.3) is 15.9 Å². The molecule has 0 atom stereocenters. The second-order valence-electron chi connectivity index (χ2n) is 5.54. The quantitative estimate of drug-likeness (QED) is 0.866. The van der Waals surface area contributed by atoms with Crippen LogP contribution in [0.15, 0.2) is 59.5 Å². The van der Waals surface area contributed by atoms with Gasteiger partial charge in [-0.2, -0.15) is 0 Å². The number of methoxy groups -OCH3 is 1. The minimum absolute atomic E-state index is 0.0350. The van der Waals surface area contributed by atoms with E-state index in [4.69, 9.17) is 9.47 Å². The molecule has 2 rings (SSSR count). The maximum absolute atomic E-state index is 12.3. The van der Waals surface area contributed by atoms with Crippen LogP contribution in [-0.4, -0.2) is 27.0 Å². The van der Waals surface area contributed by atoms with Crippen molar-refractivity contribution >= 4 is 15.9 Å². The second kappa shape index (κ2) is 6.92. The standard InChI is InChI=1S/C17H19NO5S/c1-17(2,23-14-7-5-4-6-8-14)16(19)18-24(20,21)15-11-9-13(22-3)10-12-15/h4-12H,1-3H3,(H,18,19). The fourth-order valence-corrected chi connectivity index (χ4v) is 2.99. The first-order valence-corrected chi connectivity index (χ1v) is 8.68. The maximum atomic E-state index is 12.3. The first-order chi connectivity index (χ1) is 11.2. The highest BCUT2D eigenvalue weighted by Gasteiger charge is 2.33. The molecule has 0 bridgehead atoms. The largest absolute Gasteiger partial charge is 0.497 e. The van der Waals surface area contributed by atoms with E-state index >= 15 is 0 Å². The van der Waals surface area contributed by atoms with Gasteiger partial charge < -0.3 is 9.47 Å². The molecule has 0 saturated carbocycles. The molecule has 0 aliphatic heterocycles. The minimum Gasteiger partial charge on any atom is -0.497 e. The van der Waals surface area contributed by atoms with Gasteiger partial charge in [0.2, 0.25) is 0 Å². The summed E-state index contributed by atoms with van der Waals surface area (Å²) in [7, 11) is -2.51. The number of amides is 1. The highest BCUT2D eigenvalue weighted by Crippen LogP contribution is 2.20. The summed E-state index contributed by atoms with van der Waals surface area (Å²) in [6.45, 7) is 3.00. The van der Waals surface area contributed by atoms with E-state index in [0.717, 1.165) is 0 Å². The van der Waals surface area contributed by atoms with Crippen molar-refractivity contribution in [1.29, 1.82) is 0 Å². The summed E-state index contributed by atoms with van der Waals surface area (Å²) in [4.78, 5) is 12.3. The van der Waals surface area contributed by atoms with Crippen LogP contribution in [-0.2, 0) is 14.8 Å². The van der Waals surface area contributed by atoms with Crippen molar-refractivity contribution < 1.29 is 22.7 Å². The number of benzene rings is 2. The van der Waals surface area contributed by atoms with Gasteiger partial charge in [0.05, 0.1) is 12.0 Å². The fraction of sp³-hybridized carbons (Fsp3) is 0.235. The Morgan fingerprint density at radius 1 is 0.958 bits per heavy atom. The van der Waals surface area contributed by atoms with Crippen LogP contribution >= 0.6 is 0 Å². The van der Waals surface area contributed by atoms with Crippen molar-refractivity contribution in [1.82, 2.24) is 4.72 Å². The van der Waals surface area contributed by atoms with E-state index in [2.05, 4.69) is 0 Å². The lowest BCUT2D eigenvalue weighted by atomic mass is 10.1. The van der Waals surface area contributed by atoms with Crippen LogP contribution in [0.25, 0.3) is 0 Å². The van der Waals surface area contributed by atoms with Crippen molar-refractivity contribution in [2.45, 2.75) is 24.3 Å². The van der Waals surface area contributed by atoms with Crippen LogP contribution in [0, 0.1) is 0 Å². The maximum Gasteiger partial charge on any atom is 0.277 e. The van der Waals surface area contributed by atoms with Gasteiger partial charge in [-0.05, 0) is 50.2 Å². The summed E-state index contributed by atoms with van der Waals surface area (Å²) in [5.41, 5.74) is -1.36. The number of carbonyl (C=O) groups excluding carboxylic acids is 1. The summed E-state index contributed by atoms with van der Waals surface area (Å²) in [5.74, 6) is 0.231.